The van der Waals surface area contributed by atoms with E-state index in [0.717, 1.165) is 0 Å². The van der Waals surface area contributed by atoms with Crippen LogP contribution in [0.1, 0.15) is 27.2 Å². The molecule has 0 aromatic rings. The Balaban J connectivity index is 4.22. The summed E-state index contributed by atoms with van der Waals surface area (Å²) in [6.07, 6.45) is 0.582. The highest BCUT2D eigenvalue weighted by Gasteiger charge is 2.27. The molecule has 5 nitrogen and oxygen atoms in total. The van der Waals surface area contributed by atoms with Gasteiger partial charge < -0.3 is 21.3 Å². The Morgan fingerprint density at radius 3 is 2.20 bits per heavy atom. The Labute approximate surface area is 90.7 Å². The molecule has 0 bridgehead atoms. The van der Waals surface area contributed by atoms with Crippen molar-refractivity contribution in [1.29, 1.82) is 0 Å². The molecule has 0 aromatic heterocycles. The number of aliphatic hydroxyl groups excluding tert-OH is 2. The second kappa shape index (κ2) is 6.05. The normalized spacial score (nSPS) is 14.1. The van der Waals surface area contributed by atoms with Gasteiger partial charge in [-0.25, -0.2) is 0 Å². The molecule has 0 spiro atoms. The second-order valence-corrected chi connectivity index (χ2v) is 4.60. The van der Waals surface area contributed by atoms with E-state index in [9.17, 15) is 4.79 Å². The van der Waals surface area contributed by atoms with Gasteiger partial charge in [0.05, 0.1) is 24.8 Å². The number of nitrogens with two attached hydrogens (primary N) is 1. The van der Waals surface area contributed by atoms with Gasteiger partial charge in [0.2, 0.25) is 5.91 Å². The van der Waals surface area contributed by atoms with Crippen LogP contribution in [0.2, 0.25) is 0 Å². The molecule has 0 aliphatic carbocycles. The monoisotopic (exact) mass is 218 g/mol. The molecule has 0 radical (unpaired) electrons. The lowest BCUT2D eigenvalue weighted by molar-refractivity contribution is -0.125. The zero-order valence-electron chi connectivity index (χ0n) is 9.66. The first-order valence-corrected chi connectivity index (χ1v) is 5.14. The lowest BCUT2D eigenvalue weighted by Crippen LogP contribution is -2.56. The van der Waals surface area contributed by atoms with Crippen molar-refractivity contribution < 1.29 is 15.0 Å². The predicted octanol–water partition coefficient (Wildman–Crippen LogP) is -0.781. The fourth-order valence-corrected chi connectivity index (χ4v) is 1.13. The summed E-state index contributed by atoms with van der Waals surface area (Å²) in [4.78, 5) is 11.6. The molecule has 5 N–H and O–H groups in total. The van der Waals surface area contributed by atoms with E-state index in [1.165, 1.54) is 0 Å². The van der Waals surface area contributed by atoms with Crippen molar-refractivity contribution in [2.75, 3.05) is 13.2 Å². The molecule has 0 rings (SSSR count). The van der Waals surface area contributed by atoms with Gasteiger partial charge >= 0.3 is 0 Å². The average molecular weight is 218 g/mol. The molecule has 1 amide bonds. The number of amides is 1. The predicted molar refractivity (Wildman–Crippen MR) is 58.1 cm³/mol. The topological polar surface area (TPSA) is 95.6 Å². The average Bonchev–Trinajstić information content (AvgIpc) is 2.16. The summed E-state index contributed by atoms with van der Waals surface area (Å²) in [5.74, 6) is -0.00504. The Kier molecular flexibility index (Phi) is 5.79. The van der Waals surface area contributed by atoms with Crippen LogP contribution >= 0.6 is 0 Å². The van der Waals surface area contributed by atoms with Crippen LogP contribution in [0.25, 0.3) is 0 Å². The summed E-state index contributed by atoms with van der Waals surface area (Å²) in [5.41, 5.74) is 4.67. The van der Waals surface area contributed by atoms with E-state index in [0.29, 0.717) is 12.3 Å². The molecule has 0 saturated heterocycles. The van der Waals surface area contributed by atoms with E-state index < -0.39 is 11.6 Å². The molecule has 15 heavy (non-hydrogen) atoms. The SMILES string of the molecule is CC(C)CC(N)C(=O)NC(C)(CO)CO. The van der Waals surface area contributed by atoms with Crippen molar-refractivity contribution in [2.45, 2.75) is 38.8 Å². The van der Waals surface area contributed by atoms with Crippen LogP contribution < -0.4 is 11.1 Å². The molecule has 1 atom stereocenters. The minimum atomic E-state index is -0.994. The third kappa shape index (κ3) is 5.11. The second-order valence-electron chi connectivity index (χ2n) is 4.60. The first-order valence-electron chi connectivity index (χ1n) is 5.14. The van der Waals surface area contributed by atoms with Gasteiger partial charge in [0.25, 0.3) is 0 Å². The number of hydrogen-bond acceptors (Lipinski definition) is 4. The summed E-state index contributed by atoms with van der Waals surface area (Å²) in [5, 5.41) is 20.5. The lowest BCUT2D eigenvalue weighted by Gasteiger charge is -2.28. The molecule has 1 unspecified atom stereocenters. The summed E-state index contributed by atoms with van der Waals surface area (Å²) >= 11 is 0. The molecule has 0 aliphatic heterocycles. The third-order valence-electron chi connectivity index (χ3n) is 2.19. The molecule has 0 saturated carbocycles. The van der Waals surface area contributed by atoms with Crippen molar-refractivity contribution in [1.82, 2.24) is 5.32 Å². The smallest absolute Gasteiger partial charge is 0.237 e. The quantitative estimate of drug-likeness (QED) is 0.470. The van der Waals surface area contributed by atoms with Crippen LogP contribution in [0.3, 0.4) is 0 Å². The number of hydrogen-bond donors (Lipinski definition) is 4. The molecular formula is C10H22N2O3. The van der Waals surface area contributed by atoms with Crippen LogP contribution in [0, 0.1) is 5.92 Å². The first kappa shape index (κ1) is 14.3. The largest absolute Gasteiger partial charge is 0.394 e. The van der Waals surface area contributed by atoms with Gasteiger partial charge in [0.15, 0.2) is 0 Å². The highest BCUT2D eigenvalue weighted by Crippen LogP contribution is 2.06. The highest BCUT2D eigenvalue weighted by molar-refractivity contribution is 5.82. The minimum absolute atomic E-state index is 0.316. The summed E-state index contributed by atoms with van der Waals surface area (Å²) in [6, 6.07) is -0.595. The zero-order chi connectivity index (χ0) is 12.1. The van der Waals surface area contributed by atoms with Crippen molar-refractivity contribution in [3.8, 4) is 0 Å². The molecule has 90 valence electrons. The van der Waals surface area contributed by atoms with Crippen LogP contribution in [0.5, 0.6) is 0 Å². The molecule has 0 aromatic carbocycles. The van der Waals surface area contributed by atoms with Crippen molar-refractivity contribution in [3.05, 3.63) is 0 Å². The standard InChI is InChI=1S/C10H22N2O3/c1-7(2)4-8(11)9(15)12-10(3,5-13)6-14/h7-8,13-14H,4-6,11H2,1-3H3,(H,12,15). The van der Waals surface area contributed by atoms with Gasteiger partial charge in [-0.3, -0.25) is 4.79 Å². The summed E-state index contributed by atoms with van der Waals surface area (Å²) < 4.78 is 0. The molecule has 0 fully saturated rings. The summed E-state index contributed by atoms with van der Waals surface area (Å²) in [6.45, 7) is 4.88. The van der Waals surface area contributed by atoms with E-state index >= 15 is 0 Å². The number of nitrogens with one attached hydrogen (secondary N) is 1. The van der Waals surface area contributed by atoms with Crippen LogP contribution in [-0.4, -0.2) is 40.9 Å². The Morgan fingerprint density at radius 2 is 1.87 bits per heavy atom. The van der Waals surface area contributed by atoms with E-state index in [-0.39, 0.29) is 19.1 Å². The fraction of sp³-hybridized carbons (Fsp3) is 0.900. The maximum atomic E-state index is 11.6. The molecule has 0 heterocycles. The molecular weight excluding hydrogens is 196 g/mol. The van der Waals surface area contributed by atoms with Crippen molar-refractivity contribution in [3.63, 3.8) is 0 Å². The van der Waals surface area contributed by atoms with Crippen molar-refractivity contribution in [2.24, 2.45) is 11.7 Å². The van der Waals surface area contributed by atoms with Crippen LogP contribution in [0.4, 0.5) is 0 Å². The first-order chi connectivity index (χ1) is 6.84. The van der Waals surface area contributed by atoms with E-state index in [1.54, 1.807) is 6.92 Å². The van der Waals surface area contributed by atoms with Gasteiger partial charge in [-0.2, -0.15) is 0 Å². The maximum Gasteiger partial charge on any atom is 0.237 e. The van der Waals surface area contributed by atoms with Gasteiger partial charge in [-0.1, -0.05) is 13.8 Å². The van der Waals surface area contributed by atoms with E-state index in [1.807, 2.05) is 13.8 Å². The molecule has 5 heteroatoms. The molecule has 0 aliphatic rings. The highest BCUT2D eigenvalue weighted by atomic mass is 16.3. The maximum absolute atomic E-state index is 11.6. The number of rotatable bonds is 6. The van der Waals surface area contributed by atoms with Gasteiger partial charge in [-0.05, 0) is 19.3 Å². The summed E-state index contributed by atoms with van der Waals surface area (Å²) in [7, 11) is 0. The van der Waals surface area contributed by atoms with Gasteiger partial charge in [0, 0.05) is 0 Å². The van der Waals surface area contributed by atoms with Crippen LogP contribution in [0.15, 0.2) is 0 Å². The fourth-order valence-electron chi connectivity index (χ4n) is 1.13. The van der Waals surface area contributed by atoms with E-state index in [4.69, 9.17) is 15.9 Å². The number of aliphatic hydroxyl groups is 2. The minimum Gasteiger partial charge on any atom is -0.394 e. The lowest BCUT2D eigenvalue weighted by atomic mass is 10.0. The Morgan fingerprint density at radius 1 is 1.40 bits per heavy atom. The number of carbonyl (C=O) groups is 1. The Hall–Kier alpha value is -0.650. The van der Waals surface area contributed by atoms with Crippen molar-refractivity contribution >= 4 is 5.91 Å². The number of carbonyl (C=O) groups excluding carboxylic acids is 1. The zero-order valence-corrected chi connectivity index (χ0v) is 9.66. The van der Waals surface area contributed by atoms with Crippen LogP contribution in [-0.2, 0) is 4.79 Å². The third-order valence-corrected chi connectivity index (χ3v) is 2.19. The Bertz CT molecular complexity index is 203. The van der Waals surface area contributed by atoms with Gasteiger partial charge in [0.1, 0.15) is 0 Å². The van der Waals surface area contributed by atoms with E-state index in [2.05, 4.69) is 5.32 Å². The van der Waals surface area contributed by atoms with Gasteiger partial charge in [-0.15, -0.1) is 0 Å².